The highest BCUT2D eigenvalue weighted by atomic mass is 28.2. The van der Waals surface area contributed by atoms with Crippen LogP contribution in [-0.2, 0) is 29.3 Å². The monoisotopic (exact) mass is 1290 g/mol. The third-order valence-corrected chi connectivity index (χ3v) is 27.0. The zero-order chi connectivity index (χ0) is 62.3. The van der Waals surface area contributed by atoms with Gasteiger partial charge in [-0.3, -0.25) is 0 Å². The van der Waals surface area contributed by atoms with Crippen molar-refractivity contribution in [2.75, 3.05) is 0 Å². The molecule has 0 bridgehead atoms. The normalized spacial score (nSPS) is 17.6. The SMILES string of the molecule is OC1(O[SiH2]C(c2ccccc2)c2ccccc2)C(O[SiH2]C(c2ccccc2)c2ccccc2)(c2ccccc2)Oc2cccc(O[SiH2]C(c3ccccc3)c3ccccc3)c2C1(O[SiH2]C(c1ccccc1)c1ccccc1)O[SiH2]C(c1ccccc1)c1ccccc1. The van der Waals surface area contributed by atoms with Crippen LogP contribution in [-0.4, -0.2) is 59.7 Å². The van der Waals surface area contributed by atoms with Gasteiger partial charge in [-0.1, -0.05) is 340 Å². The summed E-state index contributed by atoms with van der Waals surface area (Å²) in [5, 5.41) is 16.2. The Hall–Kier alpha value is -8.88. The molecule has 0 saturated carbocycles. The summed E-state index contributed by atoms with van der Waals surface area (Å²) >= 11 is 0. The maximum atomic E-state index is 16.2. The van der Waals surface area contributed by atoms with Gasteiger partial charge in [0.1, 0.15) is 11.5 Å². The fourth-order valence-corrected chi connectivity index (χ4v) is 21.8. The van der Waals surface area contributed by atoms with Crippen molar-refractivity contribution in [3.8, 4) is 11.5 Å². The minimum absolute atomic E-state index is 0.0653. The lowest BCUT2D eigenvalue weighted by atomic mass is 9.82. The lowest BCUT2D eigenvalue weighted by molar-refractivity contribution is -0.438. The van der Waals surface area contributed by atoms with Crippen molar-refractivity contribution in [3.63, 3.8) is 0 Å². The Balaban J connectivity index is 1.10. The molecule has 0 aromatic heterocycles. The molecule has 1 heterocycles. The molecular formula is C80H74O7Si5. The minimum atomic E-state index is -2.65. The van der Waals surface area contributed by atoms with Crippen LogP contribution in [0.15, 0.2) is 352 Å². The molecule has 2 atom stereocenters. The molecule has 12 heteroatoms. The van der Waals surface area contributed by atoms with Gasteiger partial charge in [-0.05, 0) is 67.8 Å². The first-order chi connectivity index (χ1) is 45.5. The average Bonchev–Trinajstić information content (AvgIpc) is 0.682. The summed E-state index contributed by atoms with van der Waals surface area (Å²) in [5.41, 5.74) is 10.9. The highest BCUT2D eigenvalue weighted by Crippen LogP contribution is 2.61. The van der Waals surface area contributed by atoms with Gasteiger partial charge in [0, 0.05) is 33.3 Å². The average molecular weight is 1290 g/mol. The molecule has 0 saturated heterocycles. The molecule has 0 amide bonds. The second kappa shape index (κ2) is 29.6. The number of hydrogen-bond acceptors (Lipinski definition) is 7. The van der Waals surface area contributed by atoms with Gasteiger partial charge in [0.05, 0.1) is 5.56 Å². The quantitative estimate of drug-likeness (QED) is 0.0428. The van der Waals surface area contributed by atoms with Gasteiger partial charge in [0.2, 0.25) is 15.6 Å². The van der Waals surface area contributed by atoms with Crippen molar-refractivity contribution in [2.24, 2.45) is 0 Å². The Bertz CT molecular complexity index is 3900. The molecule has 1 aliphatic rings. The van der Waals surface area contributed by atoms with Crippen LogP contribution >= 0.6 is 0 Å². The molecule has 0 aliphatic carbocycles. The molecule has 1 aliphatic heterocycles. The third kappa shape index (κ3) is 13.4. The van der Waals surface area contributed by atoms with Crippen molar-refractivity contribution in [1.29, 1.82) is 0 Å². The first-order valence-electron chi connectivity index (χ1n) is 31.8. The van der Waals surface area contributed by atoms with Gasteiger partial charge in [0.25, 0.3) is 11.6 Å². The largest absolute Gasteiger partial charge is 0.548 e. The zero-order valence-electron chi connectivity index (χ0n) is 51.3. The van der Waals surface area contributed by atoms with Crippen molar-refractivity contribution in [1.82, 2.24) is 0 Å². The van der Waals surface area contributed by atoms with E-state index in [0.717, 1.165) is 55.6 Å². The minimum Gasteiger partial charge on any atom is -0.548 e. The van der Waals surface area contributed by atoms with Crippen LogP contribution in [0.5, 0.6) is 11.5 Å². The van der Waals surface area contributed by atoms with Gasteiger partial charge in [-0.15, -0.1) is 0 Å². The fourth-order valence-electron chi connectivity index (χ4n) is 13.1. The summed E-state index contributed by atoms with van der Waals surface area (Å²) in [4.78, 5) is 0. The van der Waals surface area contributed by atoms with E-state index >= 15 is 5.11 Å². The van der Waals surface area contributed by atoms with E-state index < -0.39 is 66.2 Å². The van der Waals surface area contributed by atoms with Crippen LogP contribution in [0.2, 0.25) is 0 Å². The first kappa shape index (κ1) is 62.0. The lowest BCUT2D eigenvalue weighted by Gasteiger charge is -2.59. The highest BCUT2D eigenvalue weighted by Gasteiger charge is 2.75. The topological polar surface area (TPSA) is 75.6 Å². The van der Waals surface area contributed by atoms with E-state index in [-0.39, 0.29) is 27.7 Å². The molecule has 13 rings (SSSR count). The molecule has 0 fully saturated rings. The van der Waals surface area contributed by atoms with Gasteiger partial charge in [-0.2, -0.15) is 0 Å². The molecular weight excluding hydrogens is 1210 g/mol. The van der Waals surface area contributed by atoms with E-state index in [9.17, 15) is 0 Å². The molecule has 7 nitrogen and oxygen atoms in total. The molecule has 92 heavy (non-hydrogen) atoms. The van der Waals surface area contributed by atoms with E-state index in [0.29, 0.717) is 22.6 Å². The predicted octanol–water partition coefficient (Wildman–Crippen LogP) is 13.6. The molecule has 2 unspecified atom stereocenters. The van der Waals surface area contributed by atoms with Crippen molar-refractivity contribution in [2.45, 2.75) is 45.1 Å². The highest BCUT2D eigenvalue weighted by molar-refractivity contribution is 6.35. The smallest absolute Gasteiger partial charge is 0.287 e. The summed E-state index contributed by atoms with van der Waals surface area (Å²) in [6.07, 6.45) is 0. The molecule has 12 aromatic rings. The molecule has 12 aromatic carbocycles. The van der Waals surface area contributed by atoms with Gasteiger partial charge < -0.3 is 32.0 Å². The van der Waals surface area contributed by atoms with E-state index in [1.807, 2.05) is 72.8 Å². The van der Waals surface area contributed by atoms with E-state index in [2.05, 4.69) is 279 Å². The molecule has 456 valence electrons. The summed E-state index contributed by atoms with van der Waals surface area (Å²) in [6.45, 7) is 0. The number of hydrogen-bond donors (Lipinski definition) is 1. The van der Waals surface area contributed by atoms with E-state index in [1.54, 1.807) is 0 Å². The Labute approximate surface area is 552 Å². The second-order valence-corrected chi connectivity index (χ2v) is 30.6. The number of ether oxygens (including phenoxy) is 1. The summed E-state index contributed by atoms with van der Waals surface area (Å²) in [7, 11) is -9.75. The van der Waals surface area contributed by atoms with Crippen LogP contribution in [0.25, 0.3) is 0 Å². The van der Waals surface area contributed by atoms with Gasteiger partial charge in [-0.25, -0.2) is 0 Å². The van der Waals surface area contributed by atoms with Crippen molar-refractivity contribution >= 4 is 48.8 Å². The summed E-state index contributed by atoms with van der Waals surface area (Å²) in [5.74, 6) is -6.17. The zero-order valence-corrected chi connectivity index (χ0v) is 58.4. The predicted molar refractivity (Wildman–Crippen MR) is 383 cm³/mol. The summed E-state index contributed by atoms with van der Waals surface area (Å²) < 4.78 is 48.7. The van der Waals surface area contributed by atoms with Crippen LogP contribution in [0.1, 0.15) is 94.5 Å². The van der Waals surface area contributed by atoms with Crippen molar-refractivity contribution < 1.29 is 32.0 Å². The Morgan fingerprint density at radius 2 is 0.511 bits per heavy atom. The second-order valence-electron chi connectivity index (χ2n) is 23.4. The van der Waals surface area contributed by atoms with E-state index in [1.165, 1.54) is 0 Å². The maximum Gasteiger partial charge on any atom is 0.287 e. The van der Waals surface area contributed by atoms with Crippen LogP contribution < -0.4 is 9.16 Å². The Morgan fingerprint density at radius 3 is 0.804 bits per heavy atom. The van der Waals surface area contributed by atoms with Crippen LogP contribution in [0, 0.1) is 0 Å². The standard InChI is InChI=1S/C80H74O7Si5/c81-80(87-92-77(67-51-28-9-29-52-67)68-53-30-10-31-54-68)78(69-55-32-11-33-56-69,84-89-74(61-39-16-3-17-40-61)62-41-18-4-19-42-62)82-70-57-34-58-71(83-88-73(59-35-12-1-13-36-59)60-37-14-2-15-38-60)72(70)79(80,85-90-75(63-43-20-5-21-44-63)64-45-22-6-23-46-64)86-91-76(65-47-24-7-25-48-65)66-49-26-8-27-50-66/h1-58,73-77,81H,88-92H2. The van der Waals surface area contributed by atoms with Crippen LogP contribution in [0.4, 0.5) is 0 Å². The number of aliphatic hydroxyl groups is 1. The molecule has 0 spiro atoms. The van der Waals surface area contributed by atoms with Crippen LogP contribution in [0.3, 0.4) is 0 Å². The lowest BCUT2D eigenvalue weighted by Crippen LogP contribution is -2.74. The van der Waals surface area contributed by atoms with Gasteiger partial charge >= 0.3 is 0 Å². The van der Waals surface area contributed by atoms with E-state index in [4.69, 9.17) is 26.9 Å². The molecule has 1 N–H and O–H groups in total. The van der Waals surface area contributed by atoms with Gasteiger partial charge in [0.15, 0.2) is 39.1 Å². The van der Waals surface area contributed by atoms with Crippen molar-refractivity contribution in [3.05, 3.63) is 419 Å². The maximum absolute atomic E-state index is 16.2. The first-order valence-corrected chi connectivity index (χ1v) is 38.8. The fraction of sp³-hybridized carbons (Fsp3) is 0.100. The number of fused-ring (bicyclic) bond motifs is 1. The third-order valence-electron chi connectivity index (χ3n) is 17.9. The Morgan fingerprint density at radius 1 is 0.261 bits per heavy atom. The molecule has 0 radical (unpaired) electrons. The number of rotatable bonds is 26. The summed E-state index contributed by atoms with van der Waals surface area (Å²) in [6, 6.07) is 122. The number of benzene rings is 12. The Kier molecular flexibility index (Phi) is 19.9.